The molecule has 1 aliphatic heterocycles. The van der Waals surface area contributed by atoms with Gasteiger partial charge < -0.3 is 10.2 Å². The molecule has 1 atom stereocenters. The van der Waals surface area contributed by atoms with E-state index >= 15 is 0 Å². The summed E-state index contributed by atoms with van der Waals surface area (Å²) in [6.07, 6.45) is 3.83. The number of urea groups is 1. The van der Waals surface area contributed by atoms with Gasteiger partial charge in [-0.1, -0.05) is 0 Å². The van der Waals surface area contributed by atoms with Crippen LogP contribution in [-0.4, -0.2) is 50.0 Å². The summed E-state index contributed by atoms with van der Waals surface area (Å²) >= 11 is 0. The zero-order valence-corrected chi connectivity index (χ0v) is 10.3. The minimum absolute atomic E-state index is 0.113. The number of carbonyl (C=O) groups is 1. The van der Waals surface area contributed by atoms with Gasteiger partial charge in [0.2, 0.25) is 0 Å². The van der Waals surface area contributed by atoms with Gasteiger partial charge in [-0.05, 0) is 25.7 Å². The highest BCUT2D eigenvalue weighted by Gasteiger charge is 2.33. The first-order chi connectivity index (χ1) is 7.48. The fraction of sp³-hybridized carbons (Fsp3) is 0.900. The average molecular weight is 246 g/mol. The predicted octanol–water partition coefficient (Wildman–Crippen LogP) is 0.367. The third-order valence-electron chi connectivity index (χ3n) is 3.51. The summed E-state index contributed by atoms with van der Waals surface area (Å²) in [5.41, 5.74) is 0. The van der Waals surface area contributed by atoms with Crippen LogP contribution in [0.1, 0.15) is 25.7 Å². The van der Waals surface area contributed by atoms with Crippen molar-refractivity contribution in [2.45, 2.75) is 37.8 Å². The third-order valence-corrected chi connectivity index (χ3v) is 5.26. The summed E-state index contributed by atoms with van der Waals surface area (Å²) in [6.45, 7) is 0. The molecule has 1 aliphatic carbocycles. The highest BCUT2D eigenvalue weighted by atomic mass is 32.2. The molecule has 0 radical (unpaired) electrons. The van der Waals surface area contributed by atoms with Crippen LogP contribution in [0.5, 0.6) is 0 Å². The quantitative estimate of drug-likeness (QED) is 0.765. The molecular weight excluding hydrogens is 228 g/mol. The Kier molecular flexibility index (Phi) is 3.10. The maximum atomic E-state index is 11.8. The molecule has 1 saturated carbocycles. The van der Waals surface area contributed by atoms with Crippen LogP contribution in [0.25, 0.3) is 0 Å². The lowest BCUT2D eigenvalue weighted by molar-refractivity contribution is 0.184. The third kappa shape index (κ3) is 2.48. The largest absolute Gasteiger partial charge is 0.335 e. The summed E-state index contributed by atoms with van der Waals surface area (Å²) in [5.74, 6) is 0.320. The smallest absolute Gasteiger partial charge is 0.317 e. The first kappa shape index (κ1) is 11.7. The summed E-state index contributed by atoms with van der Waals surface area (Å²) in [7, 11) is -1.24. The molecule has 0 aromatic rings. The van der Waals surface area contributed by atoms with Crippen LogP contribution in [0.3, 0.4) is 0 Å². The maximum absolute atomic E-state index is 11.8. The van der Waals surface area contributed by atoms with E-state index in [1.807, 2.05) is 0 Å². The minimum atomic E-state index is -2.92. The first-order valence-corrected chi connectivity index (χ1v) is 7.54. The van der Waals surface area contributed by atoms with Crippen molar-refractivity contribution in [3.63, 3.8) is 0 Å². The molecular formula is C10H18N2O3S. The lowest BCUT2D eigenvalue weighted by Gasteiger charge is -2.31. The van der Waals surface area contributed by atoms with E-state index in [1.54, 1.807) is 11.9 Å². The fourth-order valence-electron chi connectivity index (χ4n) is 2.08. The second-order valence-corrected chi connectivity index (χ2v) is 6.97. The van der Waals surface area contributed by atoms with Gasteiger partial charge in [-0.2, -0.15) is 0 Å². The summed E-state index contributed by atoms with van der Waals surface area (Å²) < 4.78 is 22.6. The molecule has 1 saturated heterocycles. The molecule has 0 bridgehead atoms. The van der Waals surface area contributed by atoms with Crippen molar-refractivity contribution in [1.29, 1.82) is 0 Å². The van der Waals surface area contributed by atoms with Crippen LogP contribution < -0.4 is 5.32 Å². The number of nitrogens with zero attached hydrogens (tertiary/aromatic N) is 1. The van der Waals surface area contributed by atoms with E-state index in [2.05, 4.69) is 5.32 Å². The Morgan fingerprint density at radius 3 is 2.44 bits per heavy atom. The second kappa shape index (κ2) is 4.24. The number of rotatable bonds is 2. The van der Waals surface area contributed by atoms with Crippen molar-refractivity contribution in [3.8, 4) is 0 Å². The standard InChI is InChI=1S/C10H18N2O3S/c1-12(9-5-6-16(14,15)7-9)10(13)11-8-3-2-4-8/h8-9H,2-7H2,1H3,(H,11,13). The van der Waals surface area contributed by atoms with Crippen LogP contribution in [0.15, 0.2) is 0 Å². The lowest BCUT2D eigenvalue weighted by atomic mass is 9.93. The van der Waals surface area contributed by atoms with E-state index in [1.165, 1.54) is 6.42 Å². The normalized spacial score (nSPS) is 28.4. The molecule has 6 heteroatoms. The molecule has 92 valence electrons. The fourth-order valence-corrected chi connectivity index (χ4v) is 3.85. The van der Waals surface area contributed by atoms with Gasteiger partial charge in [0.05, 0.1) is 11.5 Å². The summed E-state index contributed by atoms with van der Waals surface area (Å²) in [5, 5.41) is 2.91. The topological polar surface area (TPSA) is 66.5 Å². The lowest BCUT2D eigenvalue weighted by Crippen LogP contribution is -2.49. The highest BCUT2D eigenvalue weighted by molar-refractivity contribution is 7.91. The van der Waals surface area contributed by atoms with E-state index in [-0.39, 0.29) is 23.6 Å². The highest BCUT2D eigenvalue weighted by Crippen LogP contribution is 2.20. The number of carbonyl (C=O) groups excluding carboxylic acids is 1. The van der Waals surface area contributed by atoms with E-state index < -0.39 is 9.84 Å². The maximum Gasteiger partial charge on any atom is 0.317 e. The second-order valence-electron chi connectivity index (χ2n) is 4.75. The number of hydrogen-bond acceptors (Lipinski definition) is 3. The Hall–Kier alpha value is -0.780. The number of hydrogen-bond donors (Lipinski definition) is 1. The van der Waals surface area contributed by atoms with Crippen molar-refractivity contribution < 1.29 is 13.2 Å². The van der Waals surface area contributed by atoms with Gasteiger partial charge in [-0.15, -0.1) is 0 Å². The molecule has 2 amide bonds. The van der Waals surface area contributed by atoms with Crippen LogP contribution in [0, 0.1) is 0 Å². The van der Waals surface area contributed by atoms with E-state index in [0.717, 1.165) is 12.8 Å². The molecule has 5 nitrogen and oxygen atoms in total. The number of amides is 2. The van der Waals surface area contributed by atoms with Crippen LogP contribution in [-0.2, 0) is 9.84 Å². The number of sulfone groups is 1. The van der Waals surface area contributed by atoms with E-state index in [0.29, 0.717) is 12.5 Å². The molecule has 2 aliphatic rings. The molecule has 1 N–H and O–H groups in total. The van der Waals surface area contributed by atoms with Crippen LogP contribution in [0.4, 0.5) is 4.79 Å². The SMILES string of the molecule is CN(C(=O)NC1CCC1)C1CCS(=O)(=O)C1. The van der Waals surface area contributed by atoms with Crippen LogP contribution >= 0.6 is 0 Å². The molecule has 2 rings (SSSR count). The van der Waals surface area contributed by atoms with Gasteiger partial charge in [-0.25, -0.2) is 13.2 Å². The minimum Gasteiger partial charge on any atom is -0.335 e. The molecule has 0 aromatic carbocycles. The zero-order chi connectivity index (χ0) is 11.8. The van der Waals surface area contributed by atoms with E-state index in [9.17, 15) is 13.2 Å². The van der Waals surface area contributed by atoms with Gasteiger partial charge in [0.25, 0.3) is 0 Å². The Morgan fingerprint density at radius 2 is 2.00 bits per heavy atom. The van der Waals surface area contributed by atoms with Crippen molar-refractivity contribution >= 4 is 15.9 Å². The molecule has 0 aromatic heterocycles. The van der Waals surface area contributed by atoms with Gasteiger partial charge >= 0.3 is 6.03 Å². The Morgan fingerprint density at radius 1 is 1.31 bits per heavy atom. The molecule has 16 heavy (non-hydrogen) atoms. The van der Waals surface area contributed by atoms with Crippen molar-refractivity contribution in [1.82, 2.24) is 10.2 Å². The molecule has 2 fully saturated rings. The molecule has 1 heterocycles. The van der Waals surface area contributed by atoms with Crippen molar-refractivity contribution in [3.05, 3.63) is 0 Å². The molecule has 1 unspecified atom stereocenters. The zero-order valence-electron chi connectivity index (χ0n) is 9.48. The summed E-state index contributed by atoms with van der Waals surface area (Å²) in [4.78, 5) is 13.3. The van der Waals surface area contributed by atoms with Gasteiger partial charge in [0, 0.05) is 19.1 Å². The van der Waals surface area contributed by atoms with Crippen LogP contribution in [0.2, 0.25) is 0 Å². The predicted molar refractivity (Wildman–Crippen MR) is 61.0 cm³/mol. The Labute approximate surface area is 96.1 Å². The summed E-state index contributed by atoms with van der Waals surface area (Å²) in [6, 6.07) is 0.0184. The van der Waals surface area contributed by atoms with Gasteiger partial charge in [0.15, 0.2) is 9.84 Å². The monoisotopic (exact) mass is 246 g/mol. The van der Waals surface area contributed by atoms with Gasteiger partial charge in [-0.3, -0.25) is 0 Å². The van der Waals surface area contributed by atoms with Crippen molar-refractivity contribution in [2.75, 3.05) is 18.6 Å². The first-order valence-electron chi connectivity index (χ1n) is 5.72. The number of nitrogens with one attached hydrogen (secondary N) is 1. The van der Waals surface area contributed by atoms with E-state index in [4.69, 9.17) is 0 Å². The Balaban J connectivity index is 1.86. The average Bonchev–Trinajstić information content (AvgIpc) is 2.51. The van der Waals surface area contributed by atoms with Gasteiger partial charge in [0.1, 0.15) is 0 Å². The molecule has 0 spiro atoms. The van der Waals surface area contributed by atoms with Crippen molar-refractivity contribution in [2.24, 2.45) is 0 Å². The Bertz CT molecular complexity index is 376.